The molecule has 0 aromatic rings. The van der Waals surface area contributed by atoms with Crippen molar-refractivity contribution in [2.75, 3.05) is 6.26 Å². The zero-order valence-corrected chi connectivity index (χ0v) is 17.7. The number of rotatable bonds is 6. The highest BCUT2D eigenvalue weighted by Crippen LogP contribution is 2.55. The van der Waals surface area contributed by atoms with Crippen LogP contribution in [0.5, 0.6) is 0 Å². The molecule has 2 amide bonds. The van der Waals surface area contributed by atoms with Gasteiger partial charge in [0.25, 0.3) is 10.1 Å². The molecule has 8 heteroatoms. The highest BCUT2D eigenvalue weighted by molar-refractivity contribution is 7.86. The van der Waals surface area contributed by atoms with Gasteiger partial charge in [0.2, 0.25) is 11.8 Å². The van der Waals surface area contributed by atoms with Gasteiger partial charge in [0, 0.05) is 12.5 Å². The number of allylic oxidation sites excluding steroid dienone is 1. The van der Waals surface area contributed by atoms with Gasteiger partial charge >= 0.3 is 0 Å². The summed E-state index contributed by atoms with van der Waals surface area (Å²) in [5.74, 6) is -0.393. The summed E-state index contributed by atoms with van der Waals surface area (Å²) in [5.41, 5.74) is -1.44. The molecule has 27 heavy (non-hydrogen) atoms. The van der Waals surface area contributed by atoms with E-state index in [1.54, 1.807) is 6.08 Å². The van der Waals surface area contributed by atoms with E-state index in [0.717, 1.165) is 6.26 Å². The summed E-state index contributed by atoms with van der Waals surface area (Å²) in [6.45, 7) is 11.0. The molecule has 5 atom stereocenters. The number of fused-ring (bicyclic) bond motifs is 1. The molecule has 2 fully saturated rings. The van der Waals surface area contributed by atoms with Crippen LogP contribution in [-0.4, -0.2) is 43.7 Å². The van der Waals surface area contributed by atoms with Crippen molar-refractivity contribution in [1.82, 2.24) is 10.6 Å². The van der Waals surface area contributed by atoms with Crippen molar-refractivity contribution < 1.29 is 22.2 Å². The van der Waals surface area contributed by atoms with Crippen LogP contribution in [0.4, 0.5) is 0 Å². The fourth-order valence-electron chi connectivity index (χ4n) is 4.87. The standard InChI is InChI=1S/C19H32N2O5S/c1-7-8-16-15-10-14(26-27(6,24)25)9-13(15)11-19(16,20-12(2)22)17(23)21-18(3,4)5/h7,13-16H,1,8-11H2,2-6H3,(H,20,22)(H,21,23). The molecule has 154 valence electrons. The molecule has 0 aromatic heterocycles. The van der Waals surface area contributed by atoms with Crippen LogP contribution >= 0.6 is 0 Å². The van der Waals surface area contributed by atoms with Crippen LogP contribution in [0.15, 0.2) is 12.7 Å². The molecular formula is C19H32N2O5S. The second kappa shape index (κ2) is 7.54. The lowest BCUT2D eigenvalue weighted by molar-refractivity contribution is -0.136. The van der Waals surface area contributed by atoms with E-state index in [9.17, 15) is 18.0 Å². The monoisotopic (exact) mass is 400 g/mol. The van der Waals surface area contributed by atoms with E-state index in [-0.39, 0.29) is 35.7 Å². The number of nitrogens with one attached hydrogen (secondary N) is 2. The molecule has 0 aliphatic heterocycles. The summed E-state index contributed by atoms with van der Waals surface area (Å²) >= 11 is 0. The third-order valence-electron chi connectivity index (χ3n) is 5.46. The van der Waals surface area contributed by atoms with Gasteiger partial charge in [0.05, 0.1) is 12.4 Å². The molecule has 5 unspecified atom stereocenters. The molecule has 2 aliphatic rings. The third-order valence-corrected chi connectivity index (χ3v) is 6.09. The fraction of sp³-hybridized carbons (Fsp3) is 0.789. The number of hydrogen-bond acceptors (Lipinski definition) is 5. The molecule has 2 N–H and O–H groups in total. The molecule has 2 rings (SSSR count). The molecule has 0 aromatic carbocycles. The van der Waals surface area contributed by atoms with Crippen molar-refractivity contribution in [3.8, 4) is 0 Å². The van der Waals surface area contributed by atoms with Crippen molar-refractivity contribution >= 4 is 21.9 Å². The largest absolute Gasteiger partial charge is 0.349 e. The Morgan fingerprint density at radius 2 is 1.93 bits per heavy atom. The number of carbonyl (C=O) groups is 2. The minimum Gasteiger partial charge on any atom is -0.349 e. The van der Waals surface area contributed by atoms with E-state index in [1.807, 2.05) is 20.8 Å². The van der Waals surface area contributed by atoms with Crippen LogP contribution in [0.2, 0.25) is 0 Å². The van der Waals surface area contributed by atoms with Gasteiger partial charge in [-0.15, -0.1) is 6.58 Å². The Labute approximate surface area is 162 Å². The SMILES string of the molecule is C=CCC1C2CC(OS(C)(=O)=O)CC2CC1(NC(C)=O)C(=O)NC(C)(C)C. The highest BCUT2D eigenvalue weighted by atomic mass is 32.2. The minimum atomic E-state index is -3.53. The quantitative estimate of drug-likeness (QED) is 0.522. The average molecular weight is 401 g/mol. The van der Waals surface area contributed by atoms with Gasteiger partial charge in [0.15, 0.2) is 0 Å². The number of carbonyl (C=O) groups excluding carboxylic acids is 2. The van der Waals surface area contributed by atoms with E-state index in [1.165, 1.54) is 6.92 Å². The van der Waals surface area contributed by atoms with Gasteiger partial charge in [-0.05, 0) is 64.2 Å². The Morgan fingerprint density at radius 3 is 2.41 bits per heavy atom. The van der Waals surface area contributed by atoms with E-state index < -0.39 is 21.2 Å². The third kappa shape index (κ3) is 5.10. The van der Waals surface area contributed by atoms with Crippen LogP contribution in [0.3, 0.4) is 0 Å². The van der Waals surface area contributed by atoms with Gasteiger partial charge in [0.1, 0.15) is 5.54 Å². The lowest BCUT2D eigenvalue weighted by Gasteiger charge is -2.39. The second-order valence-electron chi connectivity index (χ2n) is 9.01. The summed E-state index contributed by atoms with van der Waals surface area (Å²) < 4.78 is 28.2. The van der Waals surface area contributed by atoms with Gasteiger partial charge < -0.3 is 10.6 Å². The van der Waals surface area contributed by atoms with Crippen molar-refractivity contribution in [3.63, 3.8) is 0 Å². The topological polar surface area (TPSA) is 102 Å². The van der Waals surface area contributed by atoms with Crippen LogP contribution in [0.1, 0.15) is 53.4 Å². The van der Waals surface area contributed by atoms with Gasteiger partial charge in [-0.25, -0.2) is 0 Å². The molecule has 2 aliphatic carbocycles. The fourth-order valence-corrected chi connectivity index (χ4v) is 5.52. The highest BCUT2D eigenvalue weighted by Gasteiger charge is 2.60. The van der Waals surface area contributed by atoms with Gasteiger partial charge in [-0.2, -0.15) is 8.42 Å². The van der Waals surface area contributed by atoms with Crippen molar-refractivity contribution in [2.24, 2.45) is 17.8 Å². The van der Waals surface area contributed by atoms with Crippen LogP contribution in [0.25, 0.3) is 0 Å². The summed E-state index contributed by atoms with van der Waals surface area (Å²) in [6.07, 6.45) is 4.60. The molecule has 0 bridgehead atoms. The predicted octanol–water partition coefficient (Wildman–Crippen LogP) is 1.74. The molecule has 7 nitrogen and oxygen atoms in total. The summed E-state index contributed by atoms with van der Waals surface area (Å²) in [7, 11) is -3.53. The first-order valence-electron chi connectivity index (χ1n) is 9.38. The Kier molecular flexibility index (Phi) is 6.11. The minimum absolute atomic E-state index is 0.0901. The zero-order chi connectivity index (χ0) is 20.6. The second-order valence-corrected chi connectivity index (χ2v) is 10.6. The maximum Gasteiger partial charge on any atom is 0.264 e. The van der Waals surface area contributed by atoms with E-state index in [2.05, 4.69) is 17.2 Å². The van der Waals surface area contributed by atoms with Crippen molar-refractivity contribution in [3.05, 3.63) is 12.7 Å². The van der Waals surface area contributed by atoms with Crippen molar-refractivity contribution in [1.29, 1.82) is 0 Å². The average Bonchev–Trinajstić information content (AvgIpc) is 2.92. The Balaban J connectivity index is 2.34. The number of hydrogen-bond donors (Lipinski definition) is 2. The Hall–Kier alpha value is -1.41. The van der Waals surface area contributed by atoms with E-state index >= 15 is 0 Å². The summed E-state index contributed by atoms with van der Waals surface area (Å²) in [6, 6.07) is 0. The first kappa shape index (κ1) is 21.9. The van der Waals surface area contributed by atoms with Gasteiger partial charge in [-0.3, -0.25) is 13.8 Å². The summed E-state index contributed by atoms with van der Waals surface area (Å²) in [4.78, 5) is 25.2. The predicted molar refractivity (Wildman–Crippen MR) is 103 cm³/mol. The van der Waals surface area contributed by atoms with Crippen LogP contribution in [0, 0.1) is 17.8 Å². The lowest BCUT2D eigenvalue weighted by atomic mass is 9.78. The first-order chi connectivity index (χ1) is 12.3. The molecular weight excluding hydrogens is 368 g/mol. The Bertz CT molecular complexity index is 712. The lowest BCUT2D eigenvalue weighted by Crippen LogP contribution is -2.63. The molecule has 0 spiro atoms. The molecule has 0 radical (unpaired) electrons. The maximum absolute atomic E-state index is 13.3. The first-order valence-corrected chi connectivity index (χ1v) is 11.2. The normalized spacial score (nSPS) is 33.4. The van der Waals surface area contributed by atoms with Crippen molar-refractivity contribution in [2.45, 2.75) is 70.6 Å². The number of amides is 2. The zero-order valence-electron chi connectivity index (χ0n) is 16.9. The smallest absolute Gasteiger partial charge is 0.264 e. The maximum atomic E-state index is 13.3. The Morgan fingerprint density at radius 1 is 1.30 bits per heavy atom. The molecule has 0 heterocycles. The molecule has 0 saturated heterocycles. The van der Waals surface area contributed by atoms with Crippen LogP contribution in [-0.2, 0) is 23.9 Å². The van der Waals surface area contributed by atoms with Crippen LogP contribution < -0.4 is 10.6 Å². The van der Waals surface area contributed by atoms with Gasteiger partial charge in [-0.1, -0.05) is 6.08 Å². The van der Waals surface area contributed by atoms with E-state index in [0.29, 0.717) is 25.7 Å². The van der Waals surface area contributed by atoms with E-state index in [4.69, 9.17) is 4.18 Å². The summed E-state index contributed by atoms with van der Waals surface area (Å²) in [5, 5.41) is 5.97. The molecule has 2 saturated carbocycles.